The zero-order valence-electron chi connectivity index (χ0n) is 58.2. The molecule has 0 heterocycles. The molecule has 0 fully saturated rings. The molecule has 2 rings (SSSR count). The molecule has 0 aliphatic rings. The van der Waals surface area contributed by atoms with Gasteiger partial charge in [0.15, 0.2) is 0 Å². The maximum atomic E-state index is 12.2. The summed E-state index contributed by atoms with van der Waals surface area (Å²) in [6, 6.07) is 14.7. The second kappa shape index (κ2) is 43.1. The number of hydrogen-bond donors (Lipinski definition) is 1. The number of hydrogen-bond acceptors (Lipinski definition) is 4. The fraction of sp³-hybridized carbons (Fsp3) is 0.458. The Morgan fingerprint density at radius 2 is 0.621 bits per heavy atom. The topological polar surface area (TPSA) is 61.5 Å². The molecule has 0 aliphatic heterocycles. The first-order chi connectivity index (χ1) is 41.1. The Hall–Kier alpha value is -6.65. The summed E-state index contributed by atoms with van der Waals surface area (Å²) in [7, 11) is 0. The molecule has 0 saturated carbocycles. The highest BCUT2D eigenvalue weighted by Gasteiger charge is 2.11. The standard InChI is InChI=1S/C83H119NO3/c1-62(20-21-63(2)23-25-65(4)27-29-67(6)31-33-69(8)35-37-71(10)39-41-73(12)43-45-75(14)47-49-77(16)61-83(17,18)19)22-24-64(3)26-28-66(5)30-32-68(7)34-36-70(9)38-40-72(11)42-44-74(13)46-48-76(15)60-78-50-56-81(57-51-78)86-58-59-87-82(85)79-52-54-80(84)55-53-79/h21-22,25-26,29-30,33-34,37-38,41-42,45-46,49-57H,15,20,23-24,27-28,31-32,35-36,39-40,43-44,47-48,58-61,84H2,1-14,16-19H3/b62-22+,63-21+,64-26+,65-25+,66-30+,67-29+,68-34+,69-33+,70-38+,71-37+,72-42+,73-41+,74-46+,75-45+,77-49+. The Morgan fingerprint density at radius 1 is 0.368 bits per heavy atom. The third-order valence-electron chi connectivity index (χ3n) is 15.5. The Kier molecular flexibility index (Phi) is 37.8. The largest absolute Gasteiger partial charge is 0.490 e. The minimum Gasteiger partial charge on any atom is -0.490 e. The van der Waals surface area contributed by atoms with E-state index in [1.807, 2.05) is 12.1 Å². The minimum absolute atomic E-state index is 0.166. The molecule has 0 aliphatic carbocycles. The predicted molar refractivity (Wildman–Crippen MR) is 386 cm³/mol. The number of nitrogen functional groups attached to an aromatic ring is 1. The number of benzene rings is 2. The quantitative estimate of drug-likeness (QED) is 0.0315. The van der Waals surface area contributed by atoms with Crippen LogP contribution in [0.2, 0.25) is 0 Å². The first kappa shape index (κ1) is 76.4. The summed E-state index contributed by atoms with van der Waals surface area (Å²) in [6.45, 7) is 45.6. The van der Waals surface area contributed by atoms with E-state index in [0.717, 1.165) is 115 Å². The first-order valence-electron chi connectivity index (χ1n) is 32.4. The molecule has 2 aromatic rings. The fourth-order valence-electron chi connectivity index (χ4n) is 9.15. The molecule has 2 N–H and O–H groups in total. The number of anilines is 1. The van der Waals surface area contributed by atoms with Crippen molar-refractivity contribution in [2.45, 2.75) is 234 Å². The van der Waals surface area contributed by atoms with E-state index in [1.165, 1.54) is 94.7 Å². The molecule has 4 heteroatoms. The molecular formula is C83H119NO3. The molecule has 4 nitrogen and oxygen atoms in total. The molecule has 0 amide bonds. The molecule has 0 aromatic heterocycles. The van der Waals surface area contributed by atoms with Crippen LogP contribution in [0.1, 0.15) is 243 Å². The number of allylic oxidation sites excluding steroid dienone is 31. The van der Waals surface area contributed by atoms with Crippen LogP contribution in [0.5, 0.6) is 5.75 Å². The molecule has 0 bridgehead atoms. The second-order valence-electron chi connectivity index (χ2n) is 26.7. The normalized spacial score (nSPS) is 15.0. The molecule has 87 heavy (non-hydrogen) atoms. The van der Waals surface area contributed by atoms with E-state index in [-0.39, 0.29) is 13.2 Å². The third kappa shape index (κ3) is 40.4. The van der Waals surface area contributed by atoms with Gasteiger partial charge in [-0.1, -0.05) is 220 Å². The molecule has 2 aromatic carbocycles. The van der Waals surface area contributed by atoms with Crippen LogP contribution < -0.4 is 10.5 Å². The zero-order valence-corrected chi connectivity index (χ0v) is 58.2. The molecule has 0 atom stereocenters. The van der Waals surface area contributed by atoms with Gasteiger partial charge in [0.2, 0.25) is 0 Å². The molecule has 0 saturated heterocycles. The van der Waals surface area contributed by atoms with Crippen molar-refractivity contribution < 1.29 is 14.3 Å². The van der Waals surface area contributed by atoms with Crippen molar-refractivity contribution in [3.05, 3.63) is 247 Å². The van der Waals surface area contributed by atoms with Gasteiger partial charge in [-0.05, 0) is 260 Å². The SMILES string of the molecule is C=C(C/C=C(\C)C/C=C(\C)C/C=C(\C)C/C=C(\C)C/C=C(\C)C/C=C(\C)C/C=C(\C)C/C=C(\C)C/C=C(\C)C/C=C(\C)C/C=C(\C)C/C=C(\C)C/C=C(\C)C/C=C(\C)C/C=C(\C)CC(C)(C)C)Cc1ccc(OCCOC(=O)c2ccc(N)cc2)cc1. The van der Waals surface area contributed by atoms with E-state index in [0.29, 0.717) is 16.7 Å². The van der Waals surface area contributed by atoms with Crippen LogP contribution in [0.25, 0.3) is 0 Å². The van der Waals surface area contributed by atoms with E-state index in [1.54, 1.807) is 24.3 Å². The second-order valence-corrected chi connectivity index (χ2v) is 26.7. The van der Waals surface area contributed by atoms with Gasteiger partial charge in [0, 0.05) is 5.69 Å². The van der Waals surface area contributed by atoms with Gasteiger partial charge in [0.1, 0.15) is 19.0 Å². The third-order valence-corrected chi connectivity index (χ3v) is 15.5. The van der Waals surface area contributed by atoms with Crippen LogP contribution in [-0.2, 0) is 11.2 Å². The summed E-state index contributed by atoms with van der Waals surface area (Å²) in [6.07, 6.45) is 52.9. The molecular weight excluding hydrogens is 1060 g/mol. The number of nitrogens with two attached hydrogens (primary N) is 1. The molecule has 0 unspecified atom stereocenters. The van der Waals surface area contributed by atoms with E-state index in [4.69, 9.17) is 15.2 Å². The van der Waals surface area contributed by atoms with Crippen molar-refractivity contribution in [2.24, 2.45) is 5.41 Å². The van der Waals surface area contributed by atoms with Crippen LogP contribution in [-0.4, -0.2) is 19.2 Å². The highest BCUT2D eigenvalue weighted by molar-refractivity contribution is 5.89. The van der Waals surface area contributed by atoms with Gasteiger partial charge in [-0.2, -0.15) is 0 Å². The van der Waals surface area contributed by atoms with E-state index in [9.17, 15) is 4.79 Å². The molecule has 0 spiro atoms. The van der Waals surface area contributed by atoms with Crippen molar-refractivity contribution in [3.8, 4) is 5.75 Å². The zero-order chi connectivity index (χ0) is 64.7. The minimum atomic E-state index is -0.391. The van der Waals surface area contributed by atoms with Crippen molar-refractivity contribution in [1.29, 1.82) is 0 Å². The van der Waals surface area contributed by atoms with Gasteiger partial charge in [0.05, 0.1) is 5.56 Å². The van der Waals surface area contributed by atoms with Crippen LogP contribution in [0.4, 0.5) is 5.69 Å². The van der Waals surface area contributed by atoms with Gasteiger partial charge < -0.3 is 15.2 Å². The highest BCUT2D eigenvalue weighted by atomic mass is 16.6. The highest BCUT2D eigenvalue weighted by Crippen LogP contribution is 2.25. The summed E-state index contributed by atoms with van der Waals surface area (Å²) < 4.78 is 11.1. The summed E-state index contributed by atoms with van der Waals surface area (Å²) in [5.41, 5.74) is 31.0. The summed E-state index contributed by atoms with van der Waals surface area (Å²) in [5.74, 6) is 0.348. The number of carbonyl (C=O) groups is 1. The summed E-state index contributed by atoms with van der Waals surface area (Å²) >= 11 is 0. The van der Waals surface area contributed by atoms with E-state index >= 15 is 0 Å². The first-order valence-corrected chi connectivity index (χ1v) is 32.4. The van der Waals surface area contributed by atoms with Crippen molar-refractivity contribution in [2.75, 3.05) is 18.9 Å². The van der Waals surface area contributed by atoms with Crippen molar-refractivity contribution >= 4 is 11.7 Å². The van der Waals surface area contributed by atoms with Crippen LogP contribution in [0, 0.1) is 5.41 Å². The lowest BCUT2D eigenvalue weighted by Crippen LogP contribution is -2.12. The number of carbonyl (C=O) groups excluding carboxylic acids is 1. The van der Waals surface area contributed by atoms with E-state index in [2.05, 4.69) is 234 Å². The molecule has 474 valence electrons. The molecule has 0 radical (unpaired) electrons. The lowest BCUT2D eigenvalue weighted by molar-refractivity contribution is 0.0450. The Labute approximate surface area is 533 Å². The lowest BCUT2D eigenvalue weighted by atomic mass is 9.88. The monoisotopic (exact) mass is 1180 g/mol. The average molecular weight is 1180 g/mol. The van der Waals surface area contributed by atoms with Gasteiger partial charge in [-0.15, -0.1) is 0 Å². The average Bonchev–Trinajstić information content (AvgIpc) is 3.70. The maximum absolute atomic E-state index is 12.2. The Balaban J connectivity index is 1.67. The predicted octanol–water partition coefficient (Wildman–Crippen LogP) is 25.1. The van der Waals surface area contributed by atoms with Gasteiger partial charge in [-0.3, -0.25) is 0 Å². The van der Waals surface area contributed by atoms with Gasteiger partial charge in [0.25, 0.3) is 0 Å². The smallest absolute Gasteiger partial charge is 0.338 e. The summed E-state index contributed by atoms with van der Waals surface area (Å²) in [5, 5.41) is 0. The maximum Gasteiger partial charge on any atom is 0.338 e. The number of rotatable bonds is 38. The van der Waals surface area contributed by atoms with E-state index < -0.39 is 5.97 Å². The Bertz CT molecular complexity index is 2960. The number of esters is 1. The van der Waals surface area contributed by atoms with Crippen LogP contribution in [0.15, 0.2) is 235 Å². The number of ether oxygens (including phenoxy) is 2. The lowest BCUT2D eigenvalue weighted by Gasteiger charge is -2.18. The van der Waals surface area contributed by atoms with Crippen LogP contribution >= 0.6 is 0 Å². The van der Waals surface area contributed by atoms with Crippen LogP contribution in [0.3, 0.4) is 0 Å². The van der Waals surface area contributed by atoms with Gasteiger partial charge >= 0.3 is 5.97 Å². The van der Waals surface area contributed by atoms with Crippen molar-refractivity contribution in [3.63, 3.8) is 0 Å². The fourth-order valence-corrected chi connectivity index (χ4v) is 9.15. The van der Waals surface area contributed by atoms with Crippen molar-refractivity contribution in [1.82, 2.24) is 0 Å². The van der Waals surface area contributed by atoms with Gasteiger partial charge in [-0.25, -0.2) is 4.79 Å². The Morgan fingerprint density at radius 3 is 0.885 bits per heavy atom. The summed E-state index contributed by atoms with van der Waals surface area (Å²) in [4.78, 5) is 12.2.